The van der Waals surface area contributed by atoms with Gasteiger partial charge in [-0.05, 0) is 44.0 Å². The first-order valence-electron chi connectivity index (χ1n) is 7.34. The van der Waals surface area contributed by atoms with Crippen molar-refractivity contribution in [2.24, 2.45) is 0 Å². The number of hydrogen-bond acceptors (Lipinski definition) is 2. The van der Waals surface area contributed by atoms with Crippen molar-refractivity contribution in [3.63, 3.8) is 0 Å². The van der Waals surface area contributed by atoms with E-state index in [0.717, 1.165) is 30.2 Å². The molecule has 1 unspecified atom stereocenters. The van der Waals surface area contributed by atoms with E-state index in [2.05, 4.69) is 56.2 Å². The van der Waals surface area contributed by atoms with E-state index in [1.807, 2.05) is 0 Å². The van der Waals surface area contributed by atoms with E-state index < -0.39 is 0 Å². The largest absolute Gasteiger partial charge is 0.373 e. The molecule has 1 aromatic rings. The average molecular weight is 283 g/mol. The molecule has 0 heterocycles. The standard InChI is InChI=1S/C16H27ClN2/c1-5-7-11-19(4)16-9-8-14(12-15(16)17)13(3)18-10-6-2/h8-9,12-13,18H,5-7,10-11H2,1-4H3. The molecule has 1 aromatic carbocycles. The van der Waals surface area contributed by atoms with Crippen molar-refractivity contribution in [3.8, 4) is 0 Å². The van der Waals surface area contributed by atoms with Crippen molar-refractivity contribution in [1.29, 1.82) is 0 Å². The second kappa shape index (κ2) is 8.44. The molecule has 2 nitrogen and oxygen atoms in total. The lowest BCUT2D eigenvalue weighted by Crippen LogP contribution is -2.20. The van der Waals surface area contributed by atoms with E-state index >= 15 is 0 Å². The molecule has 0 aliphatic rings. The van der Waals surface area contributed by atoms with E-state index in [4.69, 9.17) is 11.6 Å². The monoisotopic (exact) mass is 282 g/mol. The third kappa shape index (κ3) is 5.04. The van der Waals surface area contributed by atoms with Crippen LogP contribution in [-0.2, 0) is 0 Å². The fourth-order valence-electron chi connectivity index (χ4n) is 2.10. The van der Waals surface area contributed by atoms with E-state index in [0.29, 0.717) is 6.04 Å². The van der Waals surface area contributed by atoms with Gasteiger partial charge in [-0.3, -0.25) is 0 Å². The van der Waals surface area contributed by atoms with Crippen LogP contribution in [0.5, 0.6) is 0 Å². The molecule has 0 bridgehead atoms. The first-order valence-corrected chi connectivity index (χ1v) is 7.71. The van der Waals surface area contributed by atoms with Crippen LogP contribution in [0.3, 0.4) is 0 Å². The number of anilines is 1. The van der Waals surface area contributed by atoms with Crippen molar-refractivity contribution in [2.45, 2.75) is 46.1 Å². The maximum absolute atomic E-state index is 6.41. The summed E-state index contributed by atoms with van der Waals surface area (Å²) in [6.07, 6.45) is 3.55. The minimum absolute atomic E-state index is 0.354. The molecule has 0 aliphatic carbocycles. The predicted octanol–water partition coefficient (Wildman–Crippen LogP) is 4.64. The van der Waals surface area contributed by atoms with E-state index in [1.54, 1.807) is 0 Å². The lowest BCUT2D eigenvalue weighted by Gasteiger charge is -2.22. The van der Waals surface area contributed by atoms with Crippen molar-refractivity contribution < 1.29 is 0 Å². The van der Waals surface area contributed by atoms with Gasteiger partial charge in [-0.15, -0.1) is 0 Å². The maximum atomic E-state index is 6.41. The van der Waals surface area contributed by atoms with Crippen molar-refractivity contribution in [1.82, 2.24) is 5.32 Å². The Hall–Kier alpha value is -0.730. The summed E-state index contributed by atoms with van der Waals surface area (Å²) in [5.74, 6) is 0. The van der Waals surface area contributed by atoms with Gasteiger partial charge in [0.25, 0.3) is 0 Å². The molecule has 0 spiro atoms. The Morgan fingerprint density at radius 1 is 1.26 bits per heavy atom. The molecular formula is C16H27ClN2. The summed E-state index contributed by atoms with van der Waals surface area (Å²) in [6, 6.07) is 6.76. The summed E-state index contributed by atoms with van der Waals surface area (Å²) >= 11 is 6.41. The van der Waals surface area contributed by atoms with Crippen LogP contribution in [0, 0.1) is 0 Å². The molecule has 1 atom stereocenters. The van der Waals surface area contributed by atoms with Gasteiger partial charge < -0.3 is 10.2 Å². The Bertz CT molecular complexity index is 379. The quantitative estimate of drug-likeness (QED) is 0.747. The van der Waals surface area contributed by atoms with Crippen LogP contribution in [0.2, 0.25) is 5.02 Å². The van der Waals surface area contributed by atoms with Gasteiger partial charge in [0.05, 0.1) is 10.7 Å². The highest BCUT2D eigenvalue weighted by molar-refractivity contribution is 6.33. The van der Waals surface area contributed by atoms with Crippen LogP contribution < -0.4 is 10.2 Å². The van der Waals surface area contributed by atoms with Crippen molar-refractivity contribution >= 4 is 17.3 Å². The minimum atomic E-state index is 0.354. The maximum Gasteiger partial charge on any atom is 0.0642 e. The average Bonchev–Trinajstić information content (AvgIpc) is 2.41. The molecule has 0 saturated carbocycles. The van der Waals surface area contributed by atoms with Gasteiger partial charge in [0, 0.05) is 19.6 Å². The Balaban J connectivity index is 2.73. The fraction of sp³-hybridized carbons (Fsp3) is 0.625. The molecule has 0 amide bonds. The lowest BCUT2D eigenvalue weighted by molar-refractivity contribution is 0.571. The van der Waals surface area contributed by atoms with Gasteiger partial charge in [-0.2, -0.15) is 0 Å². The lowest BCUT2D eigenvalue weighted by atomic mass is 10.1. The number of unbranched alkanes of at least 4 members (excludes halogenated alkanes) is 1. The molecule has 0 saturated heterocycles. The van der Waals surface area contributed by atoms with Gasteiger partial charge in [0.1, 0.15) is 0 Å². The molecule has 0 aliphatic heterocycles. The SMILES string of the molecule is CCCCN(C)c1ccc(C(C)NCCC)cc1Cl. The number of hydrogen-bond donors (Lipinski definition) is 1. The molecule has 108 valence electrons. The Kier molecular flexibility index (Phi) is 7.25. The number of rotatable bonds is 8. The summed E-state index contributed by atoms with van der Waals surface area (Å²) in [5.41, 5.74) is 2.38. The third-order valence-electron chi connectivity index (χ3n) is 3.43. The predicted molar refractivity (Wildman–Crippen MR) is 86.3 cm³/mol. The van der Waals surface area contributed by atoms with Gasteiger partial charge in [0.2, 0.25) is 0 Å². The summed E-state index contributed by atoms with van der Waals surface area (Å²) in [4.78, 5) is 2.24. The van der Waals surface area contributed by atoms with Crippen molar-refractivity contribution in [2.75, 3.05) is 25.0 Å². The summed E-state index contributed by atoms with van der Waals surface area (Å²) in [6.45, 7) is 8.66. The topological polar surface area (TPSA) is 15.3 Å². The van der Waals surface area contributed by atoms with Crippen LogP contribution in [0.25, 0.3) is 0 Å². The molecule has 0 radical (unpaired) electrons. The smallest absolute Gasteiger partial charge is 0.0642 e. The second-order valence-corrected chi connectivity index (χ2v) is 5.57. The van der Waals surface area contributed by atoms with Crippen LogP contribution in [0.4, 0.5) is 5.69 Å². The molecule has 3 heteroatoms. The second-order valence-electron chi connectivity index (χ2n) is 5.16. The normalized spacial score (nSPS) is 12.5. The summed E-state index contributed by atoms with van der Waals surface area (Å²) in [7, 11) is 2.11. The molecule has 0 aromatic heterocycles. The number of nitrogens with one attached hydrogen (secondary N) is 1. The highest BCUT2D eigenvalue weighted by Gasteiger charge is 2.10. The van der Waals surface area contributed by atoms with Gasteiger partial charge >= 0.3 is 0 Å². The highest BCUT2D eigenvalue weighted by Crippen LogP contribution is 2.28. The Labute approximate surface area is 123 Å². The van der Waals surface area contributed by atoms with Crippen LogP contribution in [0.15, 0.2) is 18.2 Å². The molecule has 0 fully saturated rings. The van der Waals surface area contributed by atoms with Crippen LogP contribution in [0.1, 0.15) is 51.6 Å². The zero-order chi connectivity index (χ0) is 14.3. The van der Waals surface area contributed by atoms with E-state index in [-0.39, 0.29) is 0 Å². The molecule has 19 heavy (non-hydrogen) atoms. The zero-order valence-electron chi connectivity index (χ0n) is 12.7. The van der Waals surface area contributed by atoms with Gasteiger partial charge in [-0.25, -0.2) is 0 Å². The van der Waals surface area contributed by atoms with E-state index in [1.165, 1.54) is 18.4 Å². The molecular weight excluding hydrogens is 256 g/mol. The Morgan fingerprint density at radius 2 is 2.00 bits per heavy atom. The van der Waals surface area contributed by atoms with E-state index in [9.17, 15) is 0 Å². The molecule has 1 rings (SSSR count). The fourth-order valence-corrected chi connectivity index (χ4v) is 2.43. The first-order chi connectivity index (χ1) is 9.10. The summed E-state index contributed by atoms with van der Waals surface area (Å²) in [5, 5.41) is 4.33. The number of nitrogens with zero attached hydrogens (tertiary/aromatic N) is 1. The first kappa shape index (κ1) is 16.3. The minimum Gasteiger partial charge on any atom is -0.373 e. The zero-order valence-corrected chi connectivity index (χ0v) is 13.4. The van der Waals surface area contributed by atoms with Crippen LogP contribution in [-0.4, -0.2) is 20.1 Å². The van der Waals surface area contributed by atoms with Crippen LogP contribution >= 0.6 is 11.6 Å². The van der Waals surface area contributed by atoms with Gasteiger partial charge in [0.15, 0.2) is 0 Å². The molecule has 1 N–H and O–H groups in total. The third-order valence-corrected chi connectivity index (χ3v) is 3.73. The summed E-state index contributed by atoms with van der Waals surface area (Å²) < 4.78 is 0. The Morgan fingerprint density at radius 3 is 2.58 bits per heavy atom. The number of benzene rings is 1. The highest BCUT2D eigenvalue weighted by atomic mass is 35.5. The van der Waals surface area contributed by atoms with Gasteiger partial charge in [-0.1, -0.05) is 37.9 Å². The number of halogens is 1. The van der Waals surface area contributed by atoms with Crippen molar-refractivity contribution in [3.05, 3.63) is 28.8 Å².